The van der Waals surface area contributed by atoms with Crippen molar-refractivity contribution in [3.8, 4) is 0 Å². The number of amides is 1. The molecule has 1 amide bonds. The molecule has 0 spiro atoms. The third-order valence-corrected chi connectivity index (χ3v) is 3.52. The van der Waals surface area contributed by atoms with Gasteiger partial charge >= 0.3 is 0 Å². The van der Waals surface area contributed by atoms with Crippen LogP contribution >= 0.6 is 24.0 Å². The molecular weight excluding hydrogens is 409 g/mol. The molecule has 7 nitrogen and oxygen atoms in total. The van der Waals surface area contributed by atoms with Gasteiger partial charge in [-0.25, -0.2) is 0 Å². The van der Waals surface area contributed by atoms with Crippen LogP contribution in [0.5, 0.6) is 0 Å². The molecule has 1 aliphatic heterocycles. The number of ether oxygens (including phenoxy) is 1. The Morgan fingerprint density at radius 2 is 2.30 bits per heavy atom. The topological polar surface area (TPSA) is 87.6 Å². The van der Waals surface area contributed by atoms with Crippen LogP contribution in [0.2, 0.25) is 0 Å². The summed E-state index contributed by atoms with van der Waals surface area (Å²) in [5.41, 5.74) is 0.513. The van der Waals surface area contributed by atoms with Gasteiger partial charge < -0.3 is 20.7 Å². The van der Waals surface area contributed by atoms with E-state index in [9.17, 15) is 4.79 Å². The molecule has 2 rings (SSSR count). The first-order valence-electron chi connectivity index (χ1n) is 7.40. The largest absolute Gasteiger partial charge is 0.373 e. The van der Waals surface area contributed by atoms with Crippen molar-refractivity contribution in [1.82, 2.24) is 15.6 Å². The van der Waals surface area contributed by atoms with Crippen molar-refractivity contribution < 1.29 is 9.53 Å². The molecule has 1 aromatic heterocycles. The van der Waals surface area contributed by atoms with Crippen molar-refractivity contribution in [3.05, 3.63) is 24.5 Å². The predicted octanol–water partition coefficient (Wildman–Crippen LogP) is 1.37. The number of carbonyl (C=O) groups is 1. The fraction of sp³-hybridized carbons (Fsp3) is 0.533. The fourth-order valence-electron chi connectivity index (χ4n) is 2.27. The number of carbonyl (C=O) groups excluding carboxylic acids is 1. The van der Waals surface area contributed by atoms with Crippen LogP contribution in [0.1, 0.15) is 19.8 Å². The van der Waals surface area contributed by atoms with E-state index in [-0.39, 0.29) is 42.0 Å². The van der Waals surface area contributed by atoms with Gasteiger partial charge in [0.05, 0.1) is 24.0 Å². The average molecular weight is 433 g/mol. The standard InChI is InChI=1S/C15H23N5O2.HI/c1-15(6-4-8-22-15)11-19-14(16-2)18-10-13(21)20-12-5-3-7-17-9-12;/h3,5,7,9H,4,6,8,10-11H2,1-2H3,(H,20,21)(H2,16,18,19);1H. The number of nitrogens with one attached hydrogen (secondary N) is 3. The molecule has 0 saturated carbocycles. The summed E-state index contributed by atoms with van der Waals surface area (Å²) in [7, 11) is 1.67. The Labute approximate surface area is 153 Å². The van der Waals surface area contributed by atoms with Crippen molar-refractivity contribution >= 4 is 41.5 Å². The maximum Gasteiger partial charge on any atom is 0.243 e. The summed E-state index contributed by atoms with van der Waals surface area (Å²) in [4.78, 5) is 19.9. The number of pyridine rings is 1. The van der Waals surface area contributed by atoms with Crippen LogP contribution in [0.3, 0.4) is 0 Å². The Kier molecular flexibility index (Phi) is 8.24. The number of aromatic nitrogens is 1. The number of anilines is 1. The Balaban J connectivity index is 0.00000264. The zero-order chi connectivity index (χ0) is 15.8. The van der Waals surface area contributed by atoms with Crippen molar-refractivity contribution in [2.75, 3.05) is 32.1 Å². The maximum absolute atomic E-state index is 11.8. The van der Waals surface area contributed by atoms with E-state index < -0.39 is 0 Å². The minimum Gasteiger partial charge on any atom is -0.373 e. The first kappa shape index (κ1) is 19.6. The quantitative estimate of drug-likeness (QED) is 0.371. The van der Waals surface area contributed by atoms with Gasteiger partial charge in [0, 0.05) is 26.4 Å². The molecule has 0 bridgehead atoms. The van der Waals surface area contributed by atoms with Gasteiger partial charge in [-0.05, 0) is 31.9 Å². The Morgan fingerprint density at radius 3 is 2.91 bits per heavy atom. The molecule has 8 heteroatoms. The lowest BCUT2D eigenvalue weighted by atomic mass is 10.0. The molecule has 1 aromatic rings. The predicted molar refractivity (Wildman–Crippen MR) is 101 cm³/mol. The summed E-state index contributed by atoms with van der Waals surface area (Å²) in [6, 6.07) is 3.56. The molecule has 1 atom stereocenters. The van der Waals surface area contributed by atoms with Crippen molar-refractivity contribution in [2.45, 2.75) is 25.4 Å². The third-order valence-electron chi connectivity index (χ3n) is 3.52. The van der Waals surface area contributed by atoms with E-state index in [1.54, 1.807) is 31.6 Å². The second kappa shape index (κ2) is 9.66. The van der Waals surface area contributed by atoms with E-state index >= 15 is 0 Å². The molecule has 23 heavy (non-hydrogen) atoms. The van der Waals surface area contributed by atoms with E-state index in [4.69, 9.17) is 4.74 Å². The van der Waals surface area contributed by atoms with E-state index in [0.29, 0.717) is 18.2 Å². The maximum atomic E-state index is 11.8. The molecule has 2 heterocycles. The summed E-state index contributed by atoms with van der Waals surface area (Å²) in [6.45, 7) is 3.68. The number of nitrogens with zero attached hydrogens (tertiary/aromatic N) is 2. The van der Waals surface area contributed by atoms with E-state index in [1.165, 1.54) is 0 Å². The highest BCUT2D eigenvalue weighted by atomic mass is 127. The van der Waals surface area contributed by atoms with Crippen LogP contribution in [0, 0.1) is 0 Å². The SMILES string of the molecule is CN=C(NCC(=O)Nc1cccnc1)NCC1(C)CCCO1.I. The Hall–Kier alpha value is -1.42. The molecule has 1 saturated heterocycles. The summed E-state index contributed by atoms with van der Waals surface area (Å²) in [6.07, 6.45) is 5.37. The monoisotopic (exact) mass is 433 g/mol. The van der Waals surface area contributed by atoms with Gasteiger partial charge in [0.15, 0.2) is 5.96 Å². The molecule has 128 valence electrons. The molecule has 1 aliphatic rings. The highest BCUT2D eigenvalue weighted by Crippen LogP contribution is 2.23. The number of hydrogen-bond donors (Lipinski definition) is 3. The highest BCUT2D eigenvalue weighted by molar-refractivity contribution is 14.0. The lowest BCUT2D eigenvalue weighted by molar-refractivity contribution is -0.115. The number of guanidine groups is 1. The lowest BCUT2D eigenvalue weighted by Gasteiger charge is -2.24. The normalized spacial score (nSPS) is 20.5. The average Bonchev–Trinajstić information content (AvgIpc) is 2.95. The fourth-order valence-corrected chi connectivity index (χ4v) is 2.27. The number of aliphatic imine (C=N–C) groups is 1. The van der Waals surface area contributed by atoms with Crippen LogP contribution in [-0.4, -0.2) is 49.2 Å². The van der Waals surface area contributed by atoms with Crippen molar-refractivity contribution in [3.63, 3.8) is 0 Å². The molecule has 1 unspecified atom stereocenters. The number of halogens is 1. The van der Waals surface area contributed by atoms with Crippen LogP contribution in [0.4, 0.5) is 5.69 Å². The van der Waals surface area contributed by atoms with Crippen molar-refractivity contribution in [2.24, 2.45) is 4.99 Å². The molecule has 1 fully saturated rings. The second-order valence-electron chi connectivity index (χ2n) is 5.47. The van der Waals surface area contributed by atoms with E-state index in [0.717, 1.165) is 19.4 Å². The first-order valence-corrected chi connectivity index (χ1v) is 7.40. The molecule has 0 radical (unpaired) electrons. The highest BCUT2D eigenvalue weighted by Gasteiger charge is 2.29. The van der Waals surface area contributed by atoms with Gasteiger partial charge in [-0.2, -0.15) is 0 Å². The van der Waals surface area contributed by atoms with Crippen LogP contribution in [-0.2, 0) is 9.53 Å². The molecule has 0 aromatic carbocycles. The number of rotatable bonds is 5. The zero-order valence-corrected chi connectivity index (χ0v) is 15.8. The summed E-state index contributed by atoms with van der Waals surface area (Å²) in [5, 5.41) is 8.93. The van der Waals surface area contributed by atoms with Gasteiger partial charge in [-0.15, -0.1) is 24.0 Å². The second-order valence-corrected chi connectivity index (χ2v) is 5.47. The van der Waals surface area contributed by atoms with Crippen LogP contribution in [0.15, 0.2) is 29.5 Å². The number of hydrogen-bond acceptors (Lipinski definition) is 4. The van der Waals surface area contributed by atoms with Crippen molar-refractivity contribution in [1.29, 1.82) is 0 Å². The summed E-state index contributed by atoms with van der Waals surface area (Å²) >= 11 is 0. The van der Waals surface area contributed by atoms with E-state index in [1.807, 2.05) is 0 Å². The smallest absolute Gasteiger partial charge is 0.243 e. The van der Waals surface area contributed by atoms with E-state index in [2.05, 4.69) is 32.9 Å². The van der Waals surface area contributed by atoms with Gasteiger partial charge in [0.2, 0.25) is 5.91 Å². The third kappa shape index (κ3) is 6.69. The molecular formula is C15H24IN5O2. The Bertz CT molecular complexity index is 518. The molecule has 3 N–H and O–H groups in total. The summed E-state index contributed by atoms with van der Waals surface area (Å²) < 4.78 is 5.71. The lowest BCUT2D eigenvalue weighted by Crippen LogP contribution is -2.47. The van der Waals surface area contributed by atoms with Crippen LogP contribution < -0.4 is 16.0 Å². The van der Waals surface area contributed by atoms with Gasteiger partial charge in [0.1, 0.15) is 0 Å². The zero-order valence-electron chi connectivity index (χ0n) is 13.5. The van der Waals surface area contributed by atoms with Gasteiger partial charge in [-0.1, -0.05) is 0 Å². The first-order chi connectivity index (χ1) is 10.6. The minimum atomic E-state index is -0.157. The Morgan fingerprint density at radius 1 is 1.48 bits per heavy atom. The van der Waals surface area contributed by atoms with Gasteiger partial charge in [0.25, 0.3) is 0 Å². The summed E-state index contributed by atoms with van der Waals surface area (Å²) in [5.74, 6) is 0.428. The van der Waals surface area contributed by atoms with Gasteiger partial charge in [-0.3, -0.25) is 14.8 Å². The minimum absolute atomic E-state index is 0. The van der Waals surface area contributed by atoms with Crippen LogP contribution in [0.25, 0.3) is 0 Å². The molecule has 0 aliphatic carbocycles.